The first kappa shape index (κ1) is 14.9. The third kappa shape index (κ3) is 3.13. The summed E-state index contributed by atoms with van der Waals surface area (Å²) < 4.78 is 5.43. The molecule has 1 unspecified atom stereocenters. The molecule has 108 valence electrons. The van der Waals surface area contributed by atoms with Crippen LogP contribution in [0.4, 0.5) is 0 Å². The second-order valence-corrected chi connectivity index (χ2v) is 5.90. The van der Waals surface area contributed by atoms with E-state index in [9.17, 15) is 5.26 Å². The number of ether oxygens (including phenoxy) is 1. The summed E-state index contributed by atoms with van der Waals surface area (Å²) in [6.45, 7) is 6.26. The minimum Gasteiger partial charge on any atom is -0.496 e. The predicted octanol–water partition coefficient (Wildman–Crippen LogP) is 3.31. The van der Waals surface area contributed by atoms with Crippen LogP contribution in [0.5, 0.6) is 5.75 Å². The van der Waals surface area contributed by atoms with Crippen LogP contribution in [0.25, 0.3) is 0 Å². The maximum absolute atomic E-state index is 9.58. The normalized spacial score (nSPS) is 18.5. The van der Waals surface area contributed by atoms with Gasteiger partial charge >= 0.3 is 0 Å². The number of likely N-dealkylation sites (tertiary alicyclic amines) is 1. The summed E-state index contributed by atoms with van der Waals surface area (Å²) in [6.07, 6.45) is 4.16. The molecule has 1 heterocycles. The largest absolute Gasteiger partial charge is 0.496 e. The highest BCUT2D eigenvalue weighted by molar-refractivity contribution is 5.37. The van der Waals surface area contributed by atoms with Gasteiger partial charge in [0.2, 0.25) is 0 Å². The molecule has 1 aliphatic heterocycles. The molecular formula is C17H24N2O. The van der Waals surface area contributed by atoms with Gasteiger partial charge in [-0.1, -0.05) is 17.7 Å². The zero-order chi connectivity index (χ0) is 14.6. The standard InChI is InChI=1S/C17H24N2O/c1-14-6-7-16(20-3)15(12-14)8-9-17(2,13-18)19-10-4-5-11-19/h6-7,12H,4-5,8-11H2,1-3H3. The number of benzene rings is 1. The van der Waals surface area contributed by atoms with Crippen LogP contribution >= 0.6 is 0 Å². The Morgan fingerprint density at radius 2 is 2.05 bits per heavy atom. The van der Waals surface area contributed by atoms with Gasteiger partial charge in [-0.2, -0.15) is 5.26 Å². The maximum Gasteiger partial charge on any atom is 0.122 e. The van der Waals surface area contributed by atoms with Gasteiger partial charge in [-0.3, -0.25) is 4.90 Å². The lowest BCUT2D eigenvalue weighted by Crippen LogP contribution is -2.43. The van der Waals surface area contributed by atoms with Crippen LogP contribution in [0.15, 0.2) is 18.2 Å². The van der Waals surface area contributed by atoms with Crippen molar-refractivity contribution in [2.45, 2.75) is 45.1 Å². The monoisotopic (exact) mass is 272 g/mol. The van der Waals surface area contributed by atoms with Crippen molar-refractivity contribution in [3.8, 4) is 11.8 Å². The van der Waals surface area contributed by atoms with Crippen molar-refractivity contribution in [2.75, 3.05) is 20.2 Å². The van der Waals surface area contributed by atoms with Crippen LogP contribution in [0, 0.1) is 18.3 Å². The number of hydrogen-bond acceptors (Lipinski definition) is 3. The Bertz CT molecular complexity index is 500. The van der Waals surface area contributed by atoms with Crippen molar-refractivity contribution < 1.29 is 4.74 Å². The van der Waals surface area contributed by atoms with Gasteiger partial charge in [-0.05, 0) is 64.3 Å². The highest BCUT2D eigenvalue weighted by atomic mass is 16.5. The topological polar surface area (TPSA) is 36.3 Å². The van der Waals surface area contributed by atoms with E-state index in [1.807, 2.05) is 6.07 Å². The highest BCUT2D eigenvalue weighted by Crippen LogP contribution is 2.28. The van der Waals surface area contributed by atoms with Gasteiger partial charge < -0.3 is 4.74 Å². The van der Waals surface area contributed by atoms with Crippen LogP contribution in [0.3, 0.4) is 0 Å². The van der Waals surface area contributed by atoms with Gasteiger partial charge in [0.05, 0.1) is 13.2 Å². The van der Waals surface area contributed by atoms with Crippen LogP contribution in [0.1, 0.15) is 37.3 Å². The van der Waals surface area contributed by atoms with E-state index in [0.717, 1.165) is 31.7 Å². The first-order chi connectivity index (χ1) is 9.59. The minimum atomic E-state index is -0.356. The molecule has 3 nitrogen and oxygen atoms in total. The quantitative estimate of drug-likeness (QED) is 0.825. The number of hydrogen-bond donors (Lipinski definition) is 0. The van der Waals surface area contributed by atoms with E-state index in [2.05, 4.69) is 36.9 Å². The zero-order valence-corrected chi connectivity index (χ0v) is 12.8. The van der Waals surface area contributed by atoms with E-state index in [1.165, 1.54) is 24.0 Å². The fourth-order valence-corrected chi connectivity index (χ4v) is 2.98. The summed E-state index contributed by atoms with van der Waals surface area (Å²) in [6, 6.07) is 8.77. The van der Waals surface area contributed by atoms with E-state index in [-0.39, 0.29) is 5.54 Å². The minimum absolute atomic E-state index is 0.356. The summed E-state index contributed by atoms with van der Waals surface area (Å²) in [7, 11) is 1.71. The third-order valence-electron chi connectivity index (χ3n) is 4.36. The third-order valence-corrected chi connectivity index (χ3v) is 4.36. The predicted molar refractivity (Wildman–Crippen MR) is 80.9 cm³/mol. The summed E-state index contributed by atoms with van der Waals surface area (Å²) >= 11 is 0. The van der Waals surface area contributed by atoms with Gasteiger partial charge in [0.25, 0.3) is 0 Å². The van der Waals surface area contributed by atoms with E-state index in [1.54, 1.807) is 7.11 Å². The molecule has 0 aromatic heterocycles. The molecule has 1 aliphatic rings. The number of aryl methyl sites for hydroxylation is 2. The van der Waals surface area contributed by atoms with Gasteiger partial charge in [0.15, 0.2) is 0 Å². The first-order valence-corrected chi connectivity index (χ1v) is 7.39. The molecule has 1 aromatic carbocycles. The van der Waals surface area contributed by atoms with Gasteiger partial charge in [0, 0.05) is 0 Å². The lowest BCUT2D eigenvalue weighted by molar-refractivity contribution is 0.180. The van der Waals surface area contributed by atoms with Crippen LogP contribution in [0.2, 0.25) is 0 Å². The van der Waals surface area contributed by atoms with Gasteiger partial charge in [-0.15, -0.1) is 0 Å². The Morgan fingerprint density at radius 1 is 1.35 bits per heavy atom. The Hall–Kier alpha value is -1.53. The summed E-state index contributed by atoms with van der Waals surface area (Å²) in [5, 5.41) is 9.58. The maximum atomic E-state index is 9.58. The molecule has 0 amide bonds. The zero-order valence-electron chi connectivity index (χ0n) is 12.8. The number of nitriles is 1. The molecule has 0 aliphatic carbocycles. The molecule has 1 fully saturated rings. The Kier molecular flexibility index (Phi) is 4.67. The van der Waals surface area contributed by atoms with Crippen molar-refractivity contribution in [1.29, 1.82) is 5.26 Å². The smallest absolute Gasteiger partial charge is 0.122 e. The van der Waals surface area contributed by atoms with Crippen molar-refractivity contribution in [1.82, 2.24) is 4.90 Å². The average Bonchev–Trinajstić information content (AvgIpc) is 3.00. The van der Waals surface area contributed by atoms with Gasteiger partial charge in [0.1, 0.15) is 11.3 Å². The SMILES string of the molecule is COc1ccc(C)cc1CCC(C)(C#N)N1CCCC1. The lowest BCUT2D eigenvalue weighted by atomic mass is 9.92. The highest BCUT2D eigenvalue weighted by Gasteiger charge is 2.33. The van der Waals surface area contributed by atoms with Crippen molar-refractivity contribution in [3.05, 3.63) is 29.3 Å². The molecule has 3 heteroatoms. The Labute approximate surface area is 122 Å². The van der Waals surface area contributed by atoms with Crippen LogP contribution < -0.4 is 4.74 Å². The molecule has 0 N–H and O–H groups in total. The summed E-state index contributed by atoms with van der Waals surface area (Å²) in [4.78, 5) is 2.33. The second kappa shape index (κ2) is 6.28. The van der Waals surface area contributed by atoms with E-state index < -0.39 is 0 Å². The number of nitrogens with zero attached hydrogens (tertiary/aromatic N) is 2. The van der Waals surface area contributed by atoms with Gasteiger partial charge in [-0.25, -0.2) is 0 Å². The summed E-state index contributed by atoms with van der Waals surface area (Å²) in [5.41, 5.74) is 2.08. The Morgan fingerprint density at radius 3 is 2.65 bits per heavy atom. The van der Waals surface area contributed by atoms with E-state index >= 15 is 0 Å². The summed E-state index contributed by atoms with van der Waals surface area (Å²) in [5.74, 6) is 0.928. The molecule has 0 spiro atoms. The van der Waals surface area contributed by atoms with Crippen LogP contribution in [-0.2, 0) is 6.42 Å². The first-order valence-electron chi connectivity index (χ1n) is 7.39. The second-order valence-electron chi connectivity index (χ2n) is 5.90. The molecule has 0 bridgehead atoms. The van der Waals surface area contributed by atoms with E-state index in [4.69, 9.17) is 4.74 Å². The van der Waals surface area contributed by atoms with Crippen molar-refractivity contribution in [2.24, 2.45) is 0 Å². The lowest BCUT2D eigenvalue weighted by Gasteiger charge is -2.32. The average molecular weight is 272 g/mol. The molecule has 0 radical (unpaired) electrons. The van der Waals surface area contributed by atoms with Crippen molar-refractivity contribution >= 4 is 0 Å². The van der Waals surface area contributed by atoms with Crippen molar-refractivity contribution in [3.63, 3.8) is 0 Å². The molecule has 2 rings (SSSR count). The molecule has 20 heavy (non-hydrogen) atoms. The molecule has 0 saturated carbocycles. The number of methoxy groups -OCH3 is 1. The van der Waals surface area contributed by atoms with Crippen LogP contribution in [-0.4, -0.2) is 30.6 Å². The molecule has 1 aromatic rings. The molecule has 1 atom stereocenters. The molecule has 1 saturated heterocycles. The number of rotatable bonds is 5. The van der Waals surface area contributed by atoms with E-state index in [0.29, 0.717) is 0 Å². The molecular weight excluding hydrogens is 248 g/mol. The fourth-order valence-electron chi connectivity index (χ4n) is 2.98. The fraction of sp³-hybridized carbons (Fsp3) is 0.588. The Balaban J connectivity index is 2.10.